The van der Waals surface area contributed by atoms with Gasteiger partial charge in [-0.25, -0.2) is 14.8 Å². The second-order valence-corrected chi connectivity index (χ2v) is 11.9. The van der Waals surface area contributed by atoms with Crippen molar-refractivity contribution in [1.82, 2.24) is 9.97 Å². The Morgan fingerprint density at radius 3 is 2.33 bits per heavy atom. The molecule has 13 nitrogen and oxygen atoms in total. The van der Waals surface area contributed by atoms with Crippen molar-refractivity contribution in [3.05, 3.63) is 82.5 Å². The molecular weight excluding hydrogens is 670 g/mol. The number of thioether (sulfide) groups is 1. The van der Waals surface area contributed by atoms with Crippen molar-refractivity contribution in [2.75, 3.05) is 32.0 Å². The second kappa shape index (κ2) is 18.4. The van der Waals surface area contributed by atoms with Gasteiger partial charge in [0.2, 0.25) is 11.6 Å². The van der Waals surface area contributed by atoms with Gasteiger partial charge in [-0.3, -0.25) is 9.59 Å². The zero-order valence-electron chi connectivity index (χ0n) is 26.4. The quantitative estimate of drug-likeness (QED) is 0.0689. The van der Waals surface area contributed by atoms with Crippen LogP contribution in [0.1, 0.15) is 36.9 Å². The molecule has 2 aromatic carbocycles. The van der Waals surface area contributed by atoms with Gasteiger partial charge in [0.15, 0.2) is 6.10 Å². The number of anilines is 1. The first-order valence-corrected chi connectivity index (χ1v) is 16.5. The van der Waals surface area contributed by atoms with Crippen molar-refractivity contribution in [2.24, 2.45) is 11.5 Å². The van der Waals surface area contributed by atoms with Crippen molar-refractivity contribution in [2.45, 2.75) is 42.6 Å². The summed E-state index contributed by atoms with van der Waals surface area (Å²) in [5.41, 5.74) is 19.6. The number of oxazole rings is 1. The lowest BCUT2D eigenvalue weighted by Gasteiger charge is -2.19. The average molecular weight is 704 g/mol. The summed E-state index contributed by atoms with van der Waals surface area (Å²) in [5.74, 6) is 0.183. The number of nitriles is 1. The summed E-state index contributed by atoms with van der Waals surface area (Å²) < 4.78 is 22.2. The van der Waals surface area contributed by atoms with Crippen molar-refractivity contribution >= 4 is 46.8 Å². The maximum Gasteiger partial charge on any atom is 0.306 e. The third-order valence-corrected chi connectivity index (χ3v) is 8.13. The van der Waals surface area contributed by atoms with E-state index in [9.17, 15) is 14.9 Å². The lowest BCUT2D eigenvalue weighted by molar-refractivity contribution is -0.161. The molecular formula is C34H34ClN7O6S. The first-order chi connectivity index (χ1) is 23.8. The van der Waals surface area contributed by atoms with Gasteiger partial charge in [-0.2, -0.15) is 5.26 Å². The van der Waals surface area contributed by atoms with Crippen LogP contribution in [0.25, 0.3) is 27.4 Å². The Morgan fingerprint density at radius 2 is 1.67 bits per heavy atom. The van der Waals surface area contributed by atoms with Gasteiger partial charge >= 0.3 is 11.9 Å². The molecule has 0 radical (unpaired) electrons. The number of nitrogens with zero attached hydrogens (tertiary/aromatic N) is 4. The van der Waals surface area contributed by atoms with E-state index in [1.165, 1.54) is 18.0 Å². The van der Waals surface area contributed by atoms with Crippen LogP contribution >= 0.6 is 23.4 Å². The summed E-state index contributed by atoms with van der Waals surface area (Å²) in [4.78, 5) is 36.7. The molecule has 6 N–H and O–H groups in total. The summed E-state index contributed by atoms with van der Waals surface area (Å²) in [6.45, 7) is 8.14. The third-order valence-electron chi connectivity index (χ3n) is 6.87. The molecule has 0 amide bonds. The van der Waals surface area contributed by atoms with Gasteiger partial charge in [-0.1, -0.05) is 35.5 Å². The highest BCUT2D eigenvalue weighted by Crippen LogP contribution is 2.42. The number of carbonyl (C=O) groups is 2. The van der Waals surface area contributed by atoms with Crippen molar-refractivity contribution in [3.63, 3.8) is 0 Å². The summed E-state index contributed by atoms with van der Waals surface area (Å²) in [6, 6.07) is 15.9. The van der Waals surface area contributed by atoms with Gasteiger partial charge in [0.25, 0.3) is 0 Å². The Labute approximate surface area is 292 Å². The molecule has 4 rings (SSSR count). The second-order valence-electron chi connectivity index (χ2n) is 10.5. The van der Waals surface area contributed by atoms with Gasteiger partial charge in [-0.15, -0.1) is 0 Å². The van der Waals surface area contributed by atoms with Crippen molar-refractivity contribution in [1.29, 1.82) is 5.26 Å². The molecule has 0 bridgehead atoms. The maximum atomic E-state index is 12.2. The molecule has 15 heteroatoms. The van der Waals surface area contributed by atoms with Crippen LogP contribution in [0.4, 0.5) is 11.5 Å². The van der Waals surface area contributed by atoms with Crippen LogP contribution in [-0.4, -0.2) is 54.3 Å². The number of nitrogens with two attached hydrogens (primary N) is 3. The minimum absolute atomic E-state index is 0.0193. The number of esters is 2. The fraction of sp³-hybridized carbons (Fsp3) is 0.294. The highest BCUT2D eigenvalue weighted by atomic mass is 35.5. The largest absolute Gasteiger partial charge is 0.490 e. The highest BCUT2D eigenvalue weighted by Gasteiger charge is 2.22. The third kappa shape index (κ3) is 10.4. The zero-order valence-corrected chi connectivity index (χ0v) is 28.0. The number of pyridine rings is 1. The monoisotopic (exact) mass is 703 g/mol. The highest BCUT2D eigenvalue weighted by molar-refractivity contribution is 7.98. The van der Waals surface area contributed by atoms with E-state index < -0.39 is 18.0 Å². The standard InChI is InChI=1S/C34H34ClN7O6S/c1-40-31-30(27(16-38)34(42-32(31)39)49-20-24-17-47-33(41-24)22-6-10-23(35)11-7-22)21-8-12-25(13-9-21)45-18-26(48-29(44)5-3-15-37)19-46-28(43)4-2-14-36/h6-13,17,26H,2-5,14-15,18-20,36-37H2,(H2,39,42)/t26-/m0/s1. The van der Waals surface area contributed by atoms with E-state index in [2.05, 4.69) is 20.9 Å². The van der Waals surface area contributed by atoms with E-state index in [1.807, 2.05) is 0 Å². The molecule has 2 heterocycles. The Morgan fingerprint density at radius 1 is 1.00 bits per heavy atom. The van der Waals surface area contributed by atoms with E-state index in [0.29, 0.717) is 70.2 Å². The van der Waals surface area contributed by atoms with E-state index in [1.54, 1.807) is 48.5 Å². The normalized spacial score (nSPS) is 11.3. The zero-order chi connectivity index (χ0) is 35.2. The molecule has 0 aliphatic carbocycles. The number of ether oxygens (including phenoxy) is 3. The molecule has 49 heavy (non-hydrogen) atoms. The first kappa shape index (κ1) is 36.7. The van der Waals surface area contributed by atoms with Gasteiger partial charge in [-0.05, 0) is 67.9 Å². The van der Waals surface area contributed by atoms with Gasteiger partial charge < -0.3 is 35.8 Å². The molecule has 0 aliphatic rings. The van der Waals surface area contributed by atoms with E-state index >= 15 is 0 Å². The van der Waals surface area contributed by atoms with Crippen molar-refractivity contribution < 1.29 is 28.2 Å². The van der Waals surface area contributed by atoms with E-state index in [-0.39, 0.29) is 43.1 Å². The predicted molar refractivity (Wildman–Crippen MR) is 184 cm³/mol. The van der Waals surface area contributed by atoms with Crippen LogP contribution in [-0.2, 0) is 24.8 Å². The number of carbonyl (C=O) groups excluding carboxylic acids is 2. The molecule has 4 aromatic rings. The average Bonchev–Trinajstić information content (AvgIpc) is 3.59. The molecule has 0 spiro atoms. The smallest absolute Gasteiger partial charge is 0.306 e. The number of hydrogen-bond donors (Lipinski definition) is 3. The predicted octanol–water partition coefficient (Wildman–Crippen LogP) is 5.67. The fourth-order valence-electron chi connectivity index (χ4n) is 4.43. The number of rotatable bonds is 17. The summed E-state index contributed by atoms with van der Waals surface area (Å²) >= 11 is 7.21. The number of benzene rings is 2. The Hall–Kier alpha value is -5.12. The topological polar surface area (TPSA) is 207 Å². The molecule has 254 valence electrons. The van der Waals surface area contributed by atoms with Crippen LogP contribution in [0.15, 0.2) is 64.2 Å². The number of halogens is 1. The minimum Gasteiger partial charge on any atom is -0.490 e. The van der Waals surface area contributed by atoms with Crippen LogP contribution in [0.2, 0.25) is 5.02 Å². The molecule has 0 fully saturated rings. The van der Waals surface area contributed by atoms with E-state index in [4.69, 9.17) is 54.0 Å². The molecule has 0 saturated heterocycles. The summed E-state index contributed by atoms with van der Waals surface area (Å²) in [7, 11) is 0. The minimum atomic E-state index is -0.864. The molecule has 0 unspecified atom stereocenters. The lowest BCUT2D eigenvalue weighted by atomic mass is 10.00. The Kier molecular flexibility index (Phi) is 13.8. The van der Waals surface area contributed by atoms with Crippen molar-refractivity contribution in [3.8, 4) is 34.4 Å². The van der Waals surface area contributed by atoms with E-state index in [0.717, 1.165) is 5.56 Å². The fourth-order valence-corrected chi connectivity index (χ4v) is 5.43. The molecule has 1 atom stereocenters. The lowest BCUT2D eigenvalue weighted by Crippen LogP contribution is -2.31. The summed E-state index contributed by atoms with van der Waals surface area (Å²) in [6.07, 6.45) is 1.85. The number of aromatic nitrogens is 2. The first-order valence-electron chi connectivity index (χ1n) is 15.2. The summed E-state index contributed by atoms with van der Waals surface area (Å²) in [5, 5.41) is 11.1. The molecule has 0 aliphatic heterocycles. The number of nitrogen functional groups attached to an aromatic ring is 1. The van der Waals surface area contributed by atoms with Crippen LogP contribution in [0, 0.1) is 17.9 Å². The van der Waals surface area contributed by atoms with Gasteiger partial charge in [0.1, 0.15) is 42.1 Å². The SMILES string of the molecule is [C-]#[N+]c1c(N)nc(SCc2coc(-c3ccc(Cl)cc3)n2)c(C#N)c1-c1ccc(OC[C@@H](COC(=O)CCCN)OC(=O)CCCN)cc1. The maximum absolute atomic E-state index is 12.2. The number of hydrogen-bond acceptors (Lipinski definition) is 13. The van der Waals surface area contributed by atoms with Gasteiger partial charge in [0.05, 0.1) is 17.8 Å². The van der Waals surface area contributed by atoms with Gasteiger partial charge in [0, 0.05) is 34.7 Å². The molecule has 2 aromatic heterocycles. The Bertz CT molecular complexity index is 1820. The Balaban J connectivity index is 1.49. The van der Waals surface area contributed by atoms with Crippen LogP contribution < -0.4 is 21.9 Å². The van der Waals surface area contributed by atoms with Crippen LogP contribution in [0.3, 0.4) is 0 Å². The molecule has 0 saturated carbocycles. The van der Waals surface area contributed by atoms with Crippen LogP contribution in [0.5, 0.6) is 5.75 Å².